The van der Waals surface area contributed by atoms with Gasteiger partial charge in [-0.1, -0.05) is 11.6 Å². The third-order valence-electron chi connectivity index (χ3n) is 6.75. The van der Waals surface area contributed by atoms with E-state index in [9.17, 15) is 9.59 Å². The Morgan fingerprint density at radius 1 is 1.12 bits per heavy atom. The van der Waals surface area contributed by atoms with Crippen molar-refractivity contribution in [2.24, 2.45) is 0 Å². The van der Waals surface area contributed by atoms with Gasteiger partial charge in [0.2, 0.25) is 11.4 Å². The van der Waals surface area contributed by atoms with E-state index >= 15 is 0 Å². The van der Waals surface area contributed by atoms with Crippen LogP contribution >= 0.6 is 22.9 Å². The Kier molecular flexibility index (Phi) is 5.63. The molecule has 5 heterocycles. The summed E-state index contributed by atoms with van der Waals surface area (Å²) in [6, 6.07) is 5.60. The molecule has 10 heteroatoms. The average Bonchev–Trinajstić information content (AvgIpc) is 3.60. The van der Waals surface area contributed by atoms with Crippen LogP contribution in [0.25, 0.3) is 26.1 Å². The predicted octanol–water partition coefficient (Wildman–Crippen LogP) is 3.54. The van der Waals surface area contributed by atoms with E-state index in [0.29, 0.717) is 33.4 Å². The molecular formula is C24H25ClN6O2S. The maximum Gasteiger partial charge on any atom is 0.258 e. The fourth-order valence-corrected chi connectivity index (χ4v) is 6.33. The Morgan fingerprint density at radius 3 is 2.68 bits per heavy atom. The van der Waals surface area contributed by atoms with Crippen LogP contribution in [-0.2, 0) is 0 Å². The van der Waals surface area contributed by atoms with Crippen molar-refractivity contribution in [2.45, 2.75) is 25.7 Å². The highest BCUT2D eigenvalue weighted by molar-refractivity contribution is 7.24. The van der Waals surface area contributed by atoms with Gasteiger partial charge in [-0.2, -0.15) is 4.98 Å². The van der Waals surface area contributed by atoms with E-state index in [-0.39, 0.29) is 16.9 Å². The van der Waals surface area contributed by atoms with Gasteiger partial charge in [-0.3, -0.25) is 14.0 Å². The van der Waals surface area contributed by atoms with Crippen LogP contribution in [0.5, 0.6) is 0 Å². The van der Waals surface area contributed by atoms with Gasteiger partial charge >= 0.3 is 0 Å². The minimum atomic E-state index is -0.357. The second-order valence-corrected chi connectivity index (χ2v) is 10.4. The number of anilines is 1. The van der Waals surface area contributed by atoms with Crippen LogP contribution in [0.1, 0.15) is 36.0 Å². The van der Waals surface area contributed by atoms with Crippen molar-refractivity contribution in [2.75, 3.05) is 44.2 Å². The molecule has 0 bridgehead atoms. The molecule has 176 valence electrons. The van der Waals surface area contributed by atoms with E-state index in [0.717, 1.165) is 55.8 Å². The molecule has 2 aliphatic rings. The summed E-state index contributed by atoms with van der Waals surface area (Å²) in [4.78, 5) is 41.2. The fraction of sp³-hybridized carbons (Fsp3) is 0.417. The van der Waals surface area contributed by atoms with Gasteiger partial charge in [0.25, 0.3) is 5.91 Å². The normalized spacial score (nSPS) is 16.9. The summed E-state index contributed by atoms with van der Waals surface area (Å²) in [5.74, 6) is 0.257. The number of amides is 1. The number of hydrogen-bond acceptors (Lipinski definition) is 7. The van der Waals surface area contributed by atoms with E-state index in [4.69, 9.17) is 16.6 Å². The molecule has 2 fully saturated rings. The monoisotopic (exact) mass is 496 g/mol. The van der Waals surface area contributed by atoms with Crippen molar-refractivity contribution in [1.29, 1.82) is 0 Å². The molecule has 2 aliphatic heterocycles. The maximum absolute atomic E-state index is 13.6. The summed E-state index contributed by atoms with van der Waals surface area (Å²) in [7, 11) is 0. The fourth-order valence-electron chi connectivity index (χ4n) is 5.00. The number of carbonyl (C=O) groups is 1. The third-order valence-corrected chi connectivity index (χ3v) is 8.13. The first-order valence-electron chi connectivity index (χ1n) is 11.8. The summed E-state index contributed by atoms with van der Waals surface area (Å²) >= 11 is 7.74. The van der Waals surface area contributed by atoms with Crippen LogP contribution in [-0.4, -0.2) is 64.4 Å². The van der Waals surface area contributed by atoms with Crippen LogP contribution in [0.15, 0.2) is 29.2 Å². The zero-order valence-corrected chi connectivity index (χ0v) is 20.3. The van der Waals surface area contributed by atoms with Gasteiger partial charge in [0.15, 0.2) is 5.65 Å². The summed E-state index contributed by atoms with van der Waals surface area (Å²) in [5.41, 5.74) is 1.15. The molecule has 0 saturated carbocycles. The van der Waals surface area contributed by atoms with Crippen LogP contribution in [0.2, 0.25) is 5.02 Å². The first kappa shape index (κ1) is 21.8. The SMILES string of the molecule is O=C(NCCN1CCCC1)c1c(=O)c2cnc(N3CCCC3)nc2n2c1sc1ccc(Cl)cc12. The van der Waals surface area contributed by atoms with E-state index in [1.54, 1.807) is 6.20 Å². The Labute approximate surface area is 205 Å². The largest absolute Gasteiger partial charge is 0.351 e. The molecule has 1 N–H and O–H groups in total. The number of likely N-dealkylation sites (tertiary alicyclic amines) is 1. The maximum atomic E-state index is 13.6. The lowest BCUT2D eigenvalue weighted by Gasteiger charge is -2.16. The van der Waals surface area contributed by atoms with Gasteiger partial charge in [-0.05, 0) is 57.0 Å². The highest BCUT2D eigenvalue weighted by atomic mass is 35.5. The molecule has 4 aromatic rings. The van der Waals surface area contributed by atoms with E-state index in [1.165, 1.54) is 24.2 Å². The molecule has 0 aliphatic carbocycles. The number of benzene rings is 1. The quantitative estimate of drug-likeness (QED) is 0.455. The molecular weight excluding hydrogens is 472 g/mol. The summed E-state index contributed by atoms with van der Waals surface area (Å²) in [6.07, 6.45) is 6.17. The molecule has 6 rings (SSSR count). The van der Waals surface area contributed by atoms with Crippen molar-refractivity contribution < 1.29 is 4.79 Å². The van der Waals surface area contributed by atoms with E-state index < -0.39 is 0 Å². The second kappa shape index (κ2) is 8.79. The minimum absolute atomic E-state index is 0.142. The van der Waals surface area contributed by atoms with Crippen molar-refractivity contribution in [3.63, 3.8) is 0 Å². The summed E-state index contributed by atoms with van der Waals surface area (Å²) < 4.78 is 2.84. The lowest BCUT2D eigenvalue weighted by atomic mass is 10.2. The molecule has 0 atom stereocenters. The number of nitrogens with one attached hydrogen (secondary N) is 1. The first-order valence-corrected chi connectivity index (χ1v) is 13.0. The van der Waals surface area contributed by atoms with Gasteiger partial charge < -0.3 is 15.1 Å². The van der Waals surface area contributed by atoms with Crippen LogP contribution in [0.3, 0.4) is 0 Å². The number of thiazole rings is 1. The second-order valence-electron chi connectivity index (χ2n) is 8.96. The van der Waals surface area contributed by atoms with Crippen LogP contribution in [0, 0.1) is 0 Å². The number of hydrogen-bond donors (Lipinski definition) is 1. The number of fused-ring (bicyclic) bond motifs is 5. The number of carbonyl (C=O) groups excluding carboxylic acids is 1. The summed E-state index contributed by atoms with van der Waals surface area (Å²) in [5, 5.41) is 3.90. The third kappa shape index (κ3) is 3.72. The molecule has 3 aromatic heterocycles. The van der Waals surface area contributed by atoms with E-state index in [2.05, 4.69) is 20.1 Å². The highest BCUT2D eigenvalue weighted by Crippen LogP contribution is 2.32. The van der Waals surface area contributed by atoms with Gasteiger partial charge in [0.05, 0.1) is 15.6 Å². The number of rotatable bonds is 5. The zero-order chi connectivity index (χ0) is 23.2. The molecule has 1 amide bonds. The molecule has 0 spiro atoms. The number of halogens is 1. The predicted molar refractivity (Wildman–Crippen MR) is 137 cm³/mol. The average molecular weight is 497 g/mol. The molecule has 2 saturated heterocycles. The van der Waals surface area contributed by atoms with E-state index in [1.807, 2.05) is 22.6 Å². The Morgan fingerprint density at radius 2 is 1.88 bits per heavy atom. The Balaban J connectivity index is 1.50. The van der Waals surface area contributed by atoms with Crippen LogP contribution < -0.4 is 15.6 Å². The molecule has 0 unspecified atom stereocenters. The smallest absolute Gasteiger partial charge is 0.258 e. The molecule has 0 radical (unpaired) electrons. The minimum Gasteiger partial charge on any atom is -0.351 e. The zero-order valence-electron chi connectivity index (χ0n) is 18.7. The van der Waals surface area contributed by atoms with Crippen LogP contribution in [0.4, 0.5) is 5.95 Å². The molecule has 34 heavy (non-hydrogen) atoms. The first-order chi connectivity index (χ1) is 16.6. The number of nitrogens with zero attached hydrogens (tertiary/aromatic N) is 5. The van der Waals surface area contributed by atoms with Gasteiger partial charge in [0, 0.05) is 37.4 Å². The van der Waals surface area contributed by atoms with Crippen molar-refractivity contribution in [1.82, 2.24) is 24.6 Å². The van der Waals surface area contributed by atoms with Gasteiger partial charge in [-0.25, -0.2) is 4.98 Å². The Bertz CT molecular complexity index is 1470. The highest BCUT2D eigenvalue weighted by Gasteiger charge is 2.24. The topological polar surface area (TPSA) is 82.8 Å². The van der Waals surface area contributed by atoms with Crippen molar-refractivity contribution in [3.8, 4) is 0 Å². The number of pyridine rings is 1. The van der Waals surface area contributed by atoms with Gasteiger partial charge in [-0.15, -0.1) is 11.3 Å². The number of aromatic nitrogens is 3. The van der Waals surface area contributed by atoms with Crippen molar-refractivity contribution >= 4 is 60.9 Å². The summed E-state index contributed by atoms with van der Waals surface area (Å²) in [6.45, 7) is 5.21. The van der Waals surface area contributed by atoms with Crippen molar-refractivity contribution in [3.05, 3.63) is 45.2 Å². The Hall–Kier alpha value is -2.75. The lowest BCUT2D eigenvalue weighted by Crippen LogP contribution is -2.36. The standard InChI is InChI=1S/C24H25ClN6O2S/c25-15-5-6-18-17(13-15)31-21-16(14-27-24(28-21)30-10-3-4-11-30)20(32)19(23(31)34-18)22(33)26-7-12-29-8-1-2-9-29/h5-6,13-14H,1-4,7-12H2,(H,26,33). The van der Waals surface area contributed by atoms with Gasteiger partial charge in [0.1, 0.15) is 10.4 Å². The molecule has 8 nitrogen and oxygen atoms in total. The lowest BCUT2D eigenvalue weighted by molar-refractivity contribution is 0.0950. The molecule has 1 aromatic carbocycles.